The molecule has 146 valence electrons. The van der Waals surface area contributed by atoms with Crippen LogP contribution < -0.4 is 0 Å². The maximum absolute atomic E-state index is 11.0. The Kier molecular flexibility index (Phi) is 7.36. The van der Waals surface area contributed by atoms with Crippen molar-refractivity contribution in [3.8, 4) is 0 Å². The topological polar surface area (TPSA) is 26.7 Å². The Morgan fingerprint density at radius 2 is 1.63 bits per heavy atom. The van der Waals surface area contributed by atoms with E-state index in [-0.39, 0.29) is 0 Å². The van der Waals surface area contributed by atoms with Crippen LogP contribution in [0.25, 0.3) is 0 Å². The van der Waals surface area contributed by atoms with Crippen LogP contribution in [0, 0.1) is 5.92 Å². The van der Waals surface area contributed by atoms with E-state index in [2.05, 4.69) is 65.6 Å². The monoisotopic (exact) mass is 384 g/mol. The Bertz CT molecular complexity index is 671. The molecule has 1 saturated heterocycles. The van der Waals surface area contributed by atoms with Gasteiger partial charge in [0, 0.05) is 24.5 Å². The lowest BCUT2D eigenvalue weighted by atomic mass is 9.84. The second-order valence-corrected chi connectivity index (χ2v) is 9.13. The summed E-state index contributed by atoms with van der Waals surface area (Å²) in [5.41, 5.74) is 0.424. The van der Waals surface area contributed by atoms with Crippen LogP contribution in [0.3, 0.4) is 0 Å². The number of aliphatic hydroxyl groups is 1. The smallest absolute Gasteiger partial charge is 0.0920 e. The van der Waals surface area contributed by atoms with E-state index in [1.165, 1.54) is 11.3 Å². The largest absolute Gasteiger partial charge is 0.385 e. The van der Waals surface area contributed by atoms with E-state index < -0.39 is 5.60 Å². The van der Waals surface area contributed by atoms with Crippen molar-refractivity contribution >= 4 is 11.9 Å². The van der Waals surface area contributed by atoms with E-state index in [1.807, 2.05) is 30.1 Å². The van der Waals surface area contributed by atoms with Crippen LogP contribution in [0.15, 0.2) is 65.6 Å². The first kappa shape index (κ1) is 20.4. The lowest BCUT2D eigenvalue weighted by Gasteiger charge is -2.39. The van der Waals surface area contributed by atoms with Crippen molar-refractivity contribution < 1.29 is 5.11 Å². The van der Waals surface area contributed by atoms with Crippen molar-refractivity contribution in [2.45, 2.75) is 36.7 Å². The molecule has 2 aromatic carbocycles. The minimum absolute atomic E-state index is 0.643. The van der Waals surface area contributed by atoms with Gasteiger partial charge in [-0.15, -0.1) is 0 Å². The van der Waals surface area contributed by atoms with E-state index in [1.54, 1.807) is 0 Å². The van der Waals surface area contributed by atoms with Gasteiger partial charge in [0.05, 0.1) is 5.60 Å². The lowest BCUT2D eigenvalue weighted by Crippen LogP contribution is -2.43. The number of likely N-dealkylation sites (tertiary alicyclic amines) is 1. The number of nitrogens with zero attached hydrogens (tertiary/aromatic N) is 2. The Morgan fingerprint density at radius 3 is 2.26 bits per heavy atom. The number of benzene rings is 2. The number of hydrogen-bond acceptors (Lipinski definition) is 4. The van der Waals surface area contributed by atoms with Gasteiger partial charge in [-0.05, 0) is 68.4 Å². The summed E-state index contributed by atoms with van der Waals surface area (Å²) in [5.74, 6) is 0.654. The van der Waals surface area contributed by atoms with Gasteiger partial charge >= 0.3 is 0 Å². The van der Waals surface area contributed by atoms with Gasteiger partial charge in [0.25, 0.3) is 0 Å². The van der Waals surface area contributed by atoms with Gasteiger partial charge in [0.2, 0.25) is 0 Å². The van der Waals surface area contributed by atoms with Gasteiger partial charge in [-0.1, -0.05) is 55.5 Å². The second kappa shape index (κ2) is 9.74. The van der Waals surface area contributed by atoms with Crippen LogP contribution >= 0.6 is 11.9 Å². The Morgan fingerprint density at radius 1 is 1.04 bits per heavy atom. The molecule has 4 heteroatoms. The Hall–Kier alpha value is -1.33. The summed E-state index contributed by atoms with van der Waals surface area (Å²) in [6.07, 6.45) is 2.85. The fourth-order valence-electron chi connectivity index (χ4n) is 3.82. The molecular formula is C23H32N2OS. The van der Waals surface area contributed by atoms with E-state index in [0.717, 1.165) is 44.6 Å². The van der Waals surface area contributed by atoms with Crippen molar-refractivity contribution in [3.63, 3.8) is 0 Å². The average molecular weight is 385 g/mol. The Balaban J connectivity index is 1.38. The highest BCUT2D eigenvalue weighted by molar-refractivity contribution is 7.97. The summed E-state index contributed by atoms with van der Waals surface area (Å²) < 4.78 is 2.34. The van der Waals surface area contributed by atoms with Crippen molar-refractivity contribution in [3.05, 3.63) is 66.2 Å². The molecule has 0 saturated carbocycles. The molecule has 0 aromatic heterocycles. The van der Waals surface area contributed by atoms with Crippen LogP contribution in [-0.4, -0.2) is 47.5 Å². The van der Waals surface area contributed by atoms with Crippen LogP contribution in [-0.2, 0) is 5.60 Å². The number of rotatable bonds is 8. The molecule has 3 nitrogen and oxygen atoms in total. The fourth-order valence-corrected chi connectivity index (χ4v) is 4.78. The van der Waals surface area contributed by atoms with Crippen molar-refractivity contribution in [1.82, 2.24) is 9.21 Å². The standard InChI is InChI=1S/C23H32N2OS/c1-20(19-24(2)27-22-11-7-4-8-12-22)13-16-25-17-14-23(26,15-18-25)21-9-5-3-6-10-21/h3-12,20,26H,13-19H2,1-2H3. The predicted molar refractivity (Wildman–Crippen MR) is 115 cm³/mol. The zero-order valence-electron chi connectivity index (χ0n) is 16.6. The van der Waals surface area contributed by atoms with Crippen LogP contribution in [0.5, 0.6) is 0 Å². The number of piperidine rings is 1. The van der Waals surface area contributed by atoms with E-state index in [9.17, 15) is 5.11 Å². The molecule has 27 heavy (non-hydrogen) atoms. The third-order valence-corrected chi connectivity index (χ3v) is 6.45. The van der Waals surface area contributed by atoms with Gasteiger partial charge < -0.3 is 10.0 Å². The second-order valence-electron chi connectivity index (χ2n) is 7.85. The summed E-state index contributed by atoms with van der Waals surface area (Å²) in [6, 6.07) is 20.7. The van der Waals surface area contributed by atoms with Crippen LogP contribution in [0.1, 0.15) is 31.7 Å². The van der Waals surface area contributed by atoms with Gasteiger partial charge in [-0.3, -0.25) is 0 Å². The molecule has 1 heterocycles. The van der Waals surface area contributed by atoms with E-state index >= 15 is 0 Å². The highest BCUT2D eigenvalue weighted by Gasteiger charge is 2.33. The molecule has 0 radical (unpaired) electrons. The average Bonchev–Trinajstić information content (AvgIpc) is 2.69. The summed E-state index contributed by atoms with van der Waals surface area (Å²) in [5, 5.41) is 11.0. The minimum Gasteiger partial charge on any atom is -0.385 e. The highest BCUT2D eigenvalue weighted by Crippen LogP contribution is 2.32. The number of hydrogen-bond donors (Lipinski definition) is 1. The third-order valence-electron chi connectivity index (χ3n) is 5.51. The molecule has 1 aliphatic rings. The summed E-state index contributed by atoms with van der Waals surface area (Å²) >= 11 is 1.82. The first-order chi connectivity index (χ1) is 13.0. The molecule has 1 aliphatic heterocycles. The fraction of sp³-hybridized carbons (Fsp3) is 0.478. The van der Waals surface area contributed by atoms with Crippen molar-refractivity contribution in [1.29, 1.82) is 0 Å². The first-order valence-electron chi connectivity index (χ1n) is 9.99. The summed E-state index contributed by atoms with van der Waals surface area (Å²) in [4.78, 5) is 3.81. The molecular weight excluding hydrogens is 352 g/mol. The maximum atomic E-state index is 11.0. The van der Waals surface area contributed by atoms with Crippen molar-refractivity contribution in [2.75, 3.05) is 33.2 Å². The molecule has 0 aliphatic carbocycles. The van der Waals surface area contributed by atoms with Crippen molar-refractivity contribution in [2.24, 2.45) is 5.92 Å². The highest BCUT2D eigenvalue weighted by atomic mass is 32.2. The molecule has 1 atom stereocenters. The zero-order chi connectivity index (χ0) is 19.1. The quantitative estimate of drug-likeness (QED) is 0.671. The molecule has 0 amide bonds. The molecule has 2 aromatic rings. The maximum Gasteiger partial charge on any atom is 0.0920 e. The van der Waals surface area contributed by atoms with Gasteiger partial charge in [-0.25, -0.2) is 4.31 Å². The van der Waals surface area contributed by atoms with Crippen LogP contribution in [0.4, 0.5) is 0 Å². The summed E-state index contributed by atoms with van der Waals surface area (Å²) in [7, 11) is 2.18. The summed E-state index contributed by atoms with van der Waals surface area (Å²) in [6.45, 7) is 6.50. The molecule has 1 fully saturated rings. The Labute approximate surface area is 168 Å². The predicted octanol–water partition coefficient (Wildman–Crippen LogP) is 4.64. The van der Waals surface area contributed by atoms with Crippen LogP contribution in [0.2, 0.25) is 0 Å². The third kappa shape index (κ3) is 6.08. The molecule has 1 unspecified atom stereocenters. The van der Waals surface area contributed by atoms with Gasteiger partial charge in [0.1, 0.15) is 0 Å². The van der Waals surface area contributed by atoms with E-state index in [0.29, 0.717) is 5.92 Å². The molecule has 1 N–H and O–H groups in total. The molecule has 0 spiro atoms. The first-order valence-corrected chi connectivity index (χ1v) is 10.8. The van der Waals surface area contributed by atoms with Gasteiger partial charge in [-0.2, -0.15) is 0 Å². The molecule has 3 rings (SSSR count). The minimum atomic E-state index is -0.643. The zero-order valence-corrected chi connectivity index (χ0v) is 17.4. The normalized spacial score (nSPS) is 18.5. The SMILES string of the molecule is CC(CCN1CCC(O)(c2ccccc2)CC1)CN(C)Sc1ccccc1. The molecule has 0 bridgehead atoms. The van der Waals surface area contributed by atoms with Gasteiger partial charge in [0.15, 0.2) is 0 Å². The lowest BCUT2D eigenvalue weighted by molar-refractivity contribution is -0.0266. The van der Waals surface area contributed by atoms with E-state index in [4.69, 9.17) is 0 Å².